The largest absolute Gasteiger partial charge is 0.457 e. The van der Waals surface area contributed by atoms with E-state index in [4.69, 9.17) is 9.47 Å². The molecule has 0 radical (unpaired) electrons. The molecule has 60 heavy (non-hydrogen) atoms. The number of hydrogen-bond acceptors (Lipinski definition) is 6. The smallest absolute Gasteiger partial charge is 0.266 e. The number of amides is 4. The van der Waals surface area contributed by atoms with Gasteiger partial charge in [0, 0.05) is 52.4 Å². The van der Waals surface area contributed by atoms with Gasteiger partial charge in [-0.25, -0.2) is 9.80 Å². The summed E-state index contributed by atoms with van der Waals surface area (Å²) in [5, 5.41) is 4.77. The molecule has 0 aromatic heterocycles. The van der Waals surface area contributed by atoms with Crippen LogP contribution in [0.2, 0.25) is 0 Å². The Balaban J connectivity index is 1.27. The van der Waals surface area contributed by atoms with Crippen LogP contribution in [0.4, 0.5) is 11.4 Å². The Hall–Kier alpha value is -6.88. The quantitative estimate of drug-likeness (QED) is 0.0937. The Kier molecular flexibility index (Phi) is 8.04. The number of anilines is 2. The minimum absolute atomic E-state index is 0.292. The first kappa shape index (κ1) is 36.2. The predicted molar refractivity (Wildman–Crippen MR) is 241 cm³/mol. The summed E-state index contributed by atoms with van der Waals surface area (Å²) in [4.78, 5) is 61.0. The lowest BCUT2D eigenvalue weighted by molar-refractivity contribution is 0.0877. The highest BCUT2D eigenvalue weighted by Crippen LogP contribution is 2.53. The Labute approximate surface area is 359 Å². The maximum Gasteiger partial charge on any atom is 0.266 e. The Bertz CT molecular complexity index is 3140. The van der Waals surface area contributed by atoms with Crippen molar-refractivity contribution < 1.29 is 28.7 Å². The van der Waals surface area contributed by atoms with Crippen LogP contribution in [0.1, 0.15) is 52.6 Å². The standard InChI is InChI=1S/C50H28Br2N2O6/c1-25-3-15-31(16-4-25)59-39-23-37-41-35(47(55)53(49(37)57)29-11-7-27(51)8-12-29)22-20-34-44-40(60-32-17-5-26(2)6-18-32)24-38-42-36(21-19-33(46(42)44)43(39)45(34)41)48(56)54(50(38)58)30-13-9-28(52)10-14-30/h3-24H,1-2H3. The molecule has 9 aromatic rings. The van der Waals surface area contributed by atoms with Gasteiger partial charge in [-0.05, 0) is 122 Å². The monoisotopic (exact) mass is 910 g/mol. The van der Waals surface area contributed by atoms with Crippen LogP contribution in [0.15, 0.2) is 142 Å². The fourth-order valence-corrected chi connectivity index (χ4v) is 9.20. The highest BCUT2D eigenvalue weighted by atomic mass is 79.9. The van der Waals surface area contributed by atoms with E-state index in [2.05, 4.69) is 31.9 Å². The normalized spacial score (nSPS) is 13.7. The van der Waals surface area contributed by atoms with Crippen LogP contribution in [0, 0.1) is 13.8 Å². The average molecular weight is 913 g/mol. The van der Waals surface area contributed by atoms with Crippen LogP contribution in [0.25, 0.3) is 43.1 Å². The third kappa shape index (κ3) is 5.34. The zero-order chi connectivity index (χ0) is 41.1. The molecular formula is C50H28Br2N2O6. The highest BCUT2D eigenvalue weighted by molar-refractivity contribution is 9.10. The third-order valence-electron chi connectivity index (χ3n) is 11.4. The fourth-order valence-electron chi connectivity index (χ4n) is 8.67. The Morgan fingerprint density at radius 3 is 1.10 bits per heavy atom. The zero-order valence-electron chi connectivity index (χ0n) is 31.8. The molecule has 0 unspecified atom stereocenters. The van der Waals surface area contributed by atoms with Crippen LogP contribution in [-0.2, 0) is 0 Å². The van der Waals surface area contributed by atoms with Gasteiger partial charge in [0.1, 0.15) is 23.0 Å². The molecule has 288 valence electrons. The van der Waals surface area contributed by atoms with Gasteiger partial charge >= 0.3 is 0 Å². The first-order valence-corrected chi connectivity index (χ1v) is 20.7. The SMILES string of the molecule is Cc1ccc(Oc2cc3c4c(ccc5c6c(Oc7ccc(C)cc7)cc7c8c(ccc(c2c45)c86)C(=O)N(c2ccc(Br)cc2)C7=O)C(=O)N(c2ccc(Br)cc2)C3=O)cc1. The van der Waals surface area contributed by atoms with E-state index >= 15 is 0 Å². The number of halogens is 2. The molecule has 0 aliphatic carbocycles. The third-order valence-corrected chi connectivity index (χ3v) is 12.5. The summed E-state index contributed by atoms with van der Waals surface area (Å²) in [6, 6.07) is 39.9. The van der Waals surface area contributed by atoms with Gasteiger partial charge in [0.25, 0.3) is 23.6 Å². The average Bonchev–Trinajstić information content (AvgIpc) is 3.25. The van der Waals surface area contributed by atoms with Gasteiger partial charge in [-0.15, -0.1) is 0 Å². The van der Waals surface area contributed by atoms with E-state index in [1.54, 1.807) is 72.8 Å². The lowest BCUT2D eigenvalue weighted by atomic mass is 9.81. The molecule has 10 heteroatoms. The van der Waals surface area contributed by atoms with Gasteiger partial charge in [-0.3, -0.25) is 19.2 Å². The number of ether oxygens (including phenoxy) is 2. The molecule has 9 aromatic carbocycles. The van der Waals surface area contributed by atoms with Crippen molar-refractivity contribution in [3.63, 3.8) is 0 Å². The summed E-state index contributed by atoms with van der Waals surface area (Å²) >= 11 is 6.93. The minimum atomic E-state index is -0.497. The molecule has 0 saturated heterocycles. The van der Waals surface area contributed by atoms with E-state index < -0.39 is 23.6 Å². The minimum Gasteiger partial charge on any atom is -0.457 e. The summed E-state index contributed by atoms with van der Waals surface area (Å²) in [5.74, 6) is -0.0968. The zero-order valence-corrected chi connectivity index (χ0v) is 35.0. The molecule has 0 fully saturated rings. The number of imide groups is 2. The van der Waals surface area contributed by atoms with E-state index in [0.29, 0.717) is 99.7 Å². The van der Waals surface area contributed by atoms with Gasteiger partial charge in [0.15, 0.2) is 0 Å². The molecule has 0 bridgehead atoms. The summed E-state index contributed by atoms with van der Waals surface area (Å²) in [6.45, 7) is 3.98. The molecule has 8 nitrogen and oxygen atoms in total. The lowest BCUT2D eigenvalue weighted by Gasteiger charge is -2.31. The number of carbonyl (C=O) groups excluding carboxylic acids is 4. The number of hydrogen-bond donors (Lipinski definition) is 0. The first-order chi connectivity index (χ1) is 29.0. The topological polar surface area (TPSA) is 93.2 Å². The number of benzene rings is 9. The van der Waals surface area contributed by atoms with E-state index in [9.17, 15) is 19.2 Å². The van der Waals surface area contributed by atoms with Crippen molar-refractivity contribution in [1.82, 2.24) is 0 Å². The van der Waals surface area contributed by atoms with Crippen LogP contribution in [-0.4, -0.2) is 23.6 Å². The van der Waals surface area contributed by atoms with Crippen molar-refractivity contribution in [2.24, 2.45) is 0 Å². The molecule has 2 aliphatic rings. The van der Waals surface area contributed by atoms with Gasteiger partial charge in [0.05, 0.1) is 22.5 Å². The second kappa shape index (κ2) is 13.3. The molecule has 11 rings (SSSR count). The number of aryl methyl sites for hydroxylation is 2. The number of carbonyl (C=O) groups is 4. The van der Waals surface area contributed by atoms with Crippen LogP contribution in [0.5, 0.6) is 23.0 Å². The van der Waals surface area contributed by atoms with Gasteiger partial charge < -0.3 is 9.47 Å². The Morgan fingerprint density at radius 1 is 0.383 bits per heavy atom. The molecule has 0 atom stereocenters. The fraction of sp³-hybridized carbons (Fsp3) is 0.0400. The second-order valence-corrected chi connectivity index (χ2v) is 16.9. The van der Waals surface area contributed by atoms with E-state index in [0.717, 1.165) is 20.1 Å². The number of fused-ring (bicyclic) bond motifs is 2. The molecule has 2 aliphatic heterocycles. The maximum absolute atomic E-state index is 14.8. The lowest BCUT2D eigenvalue weighted by Crippen LogP contribution is -2.40. The van der Waals surface area contributed by atoms with Crippen molar-refractivity contribution in [2.75, 3.05) is 9.80 Å². The molecule has 2 heterocycles. The first-order valence-electron chi connectivity index (χ1n) is 19.1. The van der Waals surface area contributed by atoms with Crippen molar-refractivity contribution in [2.45, 2.75) is 13.8 Å². The van der Waals surface area contributed by atoms with Crippen molar-refractivity contribution in [1.29, 1.82) is 0 Å². The van der Waals surface area contributed by atoms with E-state index in [1.165, 1.54) is 9.80 Å². The Morgan fingerprint density at radius 2 is 0.733 bits per heavy atom. The van der Waals surface area contributed by atoms with E-state index in [1.807, 2.05) is 74.5 Å². The van der Waals surface area contributed by atoms with Crippen LogP contribution >= 0.6 is 31.9 Å². The summed E-state index contributed by atoms with van der Waals surface area (Å²) in [7, 11) is 0. The second-order valence-electron chi connectivity index (χ2n) is 15.1. The summed E-state index contributed by atoms with van der Waals surface area (Å²) in [6.07, 6.45) is 0. The van der Waals surface area contributed by atoms with Crippen LogP contribution < -0.4 is 19.3 Å². The predicted octanol–water partition coefficient (Wildman–Crippen LogP) is 13.1. The van der Waals surface area contributed by atoms with Gasteiger partial charge in [-0.2, -0.15) is 0 Å². The molecule has 0 N–H and O–H groups in total. The van der Waals surface area contributed by atoms with Gasteiger partial charge in [-0.1, -0.05) is 79.4 Å². The number of rotatable bonds is 6. The van der Waals surface area contributed by atoms with Crippen LogP contribution in [0.3, 0.4) is 0 Å². The molecule has 0 spiro atoms. The number of nitrogens with zero attached hydrogens (tertiary/aromatic N) is 2. The highest BCUT2D eigenvalue weighted by Gasteiger charge is 2.40. The summed E-state index contributed by atoms with van der Waals surface area (Å²) < 4.78 is 15.1. The molecule has 0 saturated carbocycles. The van der Waals surface area contributed by atoms with Gasteiger partial charge in [0.2, 0.25) is 0 Å². The van der Waals surface area contributed by atoms with Crippen molar-refractivity contribution >= 4 is 110 Å². The van der Waals surface area contributed by atoms with Crippen molar-refractivity contribution in [3.05, 3.63) is 176 Å². The van der Waals surface area contributed by atoms with E-state index in [-0.39, 0.29) is 0 Å². The molecular weight excluding hydrogens is 884 g/mol. The summed E-state index contributed by atoms with van der Waals surface area (Å²) in [5.41, 5.74) is 4.23. The van der Waals surface area contributed by atoms with Crippen molar-refractivity contribution in [3.8, 4) is 23.0 Å². The molecule has 4 amide bonds. The maximum atomic E-state index is 14.8.